The van der Waals surface area contributed by atoms with E-state index in [0.717, 1.165) is 19.4 Å². The molecule has 23 heavy (non-hydrogen) atoms. The van der Waals surface area contributed by atoms with Gasteiger partial charge in [-0.25, -0.2) is 0 Å². The number of hydrogen-bond acceptors (Lipinski definition) is 5. The fourth-order valence-corrected chi connectivity index (χ4v) is 2.43. The van der Waals surface area contributed by atoms with Crippen LogP contribution in [0.25, 0.3) is 0 Å². The lowest BCUT2D eigenvalue weighted by Gasteiger charge is -2.11. The van der Waals surface area contributed by atoms with E-state index < -0.39 is 4.92 Å². The molecule has 1 unspecified atom stereocenters. The van der Waals surface area contributed by atoms with Crippen molar-refractivity contribution < 1.29 is 14.5 Å². The third-order valence-electron chi connectivity index (χ3n) is 3.41. The molecule has 0 bridgehead atoms. The third-order valence-corrected chi connectivity index (χ3v) is 3.65. The molecule has 1 aliphatic heterocycles. The molecule has 0 spiro atoms. The van der Waals surface area contributed by atoms with Crippen LogP contribution in [0.3, 0.4) is 0 Å². The number of carbonyl (C=O) groups is 1. The summed E-state index contributed by atoms with van der Waals surface area (Å²) in [5, 5.41) is 17.3. The van der Waals surface area contributed by atoms with Crippen molar-refractivity contribution in [2.24, 2.45) is 0 Å². The summed E-state index contributed by atoms with van der Waals surface area (Å²) in [5.74, 6) is -0.0232. The second-order valence-corrected chi connectivity index (χ2v) is 5.50. The molecule has 7 nitrogen and oxygen atoms in total. The van der Waals surface area contributed by atoms with Gasteiger partial charge in [-0.15, -0.1) is 12.4 Å². The van der Waals surface area contributed by atoms with Crippen LogP contribution in [0.5, 0.6) is 5.75 Å². The molecular formula is C14H19Cl2N3O4. The number of nitro benzene ring substituents is 1. The fourth-order valence-electron chi connectivity index (χ4n) is 2.27. The zero-order chi connectivity index (χ0) is 15.9. The molecule has 9 heteroatoms. The molecule has 0 saturated carbocycles. The smallest absolute Gasteiger partial charge is 0.312 e. The van der Waals surface area contributed by atoms with Crippen molar-refractivity contribution >= 4 is 35.6 Å². The third kappa shape index (κ3) is 6.21. The van der Waals surface area contributed by atoms with Gasteiger partial charge in [0.1, 0.15) is 0 Å². The molecular weight excluding hydrogens is 345 g/mol. The highest BCUT2D eigenvalue weighted by molar-refractivity contribution is 6.30. The van der Waals surface area contributed by atoms with Crippen molar-refractivity contribution in [1.29, 1.82) is 0 Å². The van der Waals surface area contributed by atoms with E-state index in [2.05, 4.69) is 10.6 Å². The summed E-state index contributed by atoms with van der Waals surface area (Å²) in [5.41, 5.74) is -0.205. The van der Waals surface area contributed by atoms with E-state index in [1.54, 1.807) is 0 Å². The first-order valence-corrected chi connectivity index (χ1v) is 7.51. The van der Waals surface area contributed by atoms with Gasteiger partial charge >= 0.3 is 5.69 Å². The van der Waals surface area contributed by atoms with E-state index in [1.165, 1.54) is 18.2 Å². The SMILES string of the molecule is Cl.O=C(CCOc1ccc(Cl)cc1[N+](=O)[O-])NCC1CCCN1. The molecule has 1 aromatic rings. The van der Waals surface area contributed by atoms with E-state index in [9.17, 15) is 14.9 Å². The molecule has 128 valence electrons. The highest BCUT2D eigenvalue weighted by Gasteiger charge is 2.17. The lowest BCUT2D eigenvalue weighted by atomic mass is 10.2. The van der Waals surface area contributed by atoms with Crippen LogP contribution in [-0.4, -0.2) is 36.6 Å². The maximum Gasteiger partial charge on any atom is 0.312 e. The highest BCUT2D eigenvalue weighted by atomic mass is 35.5. The van der Waals surface area contributed by atoms with E-state index in [1.807, 2.05) is 0 Å². The maximum absolute atomic E-state index is 11.7. The van der Waals surface area contributed by atoms with Crippen molar-refractivity contribution in [3.63, 3.8) is 0 Å². The van der Waals surface area contributed by atoms with Crippen molar-refractivity contribution in [1.82, 2.24) is 10.6 Å². The van der Waals surface area contributed by atoms with Gasteiger partial charge in [-0.05, 0) is 31.5 Å². The number of hydrogen-bond donors (Lipinski definition) is 2. The van der Waals surface area contributed by atoms with Gasteiger partial charge in [-0.1, -0.05) is 11.6 Å². The Morgan fingerprint density at radius 3 is 2.96 bits per heavy atom. The quantitative estimate of drug-likeness (QED) is 0.572. The summed E-state index contributed by atoms with van der Waals surface area (Å²) < 4.78 is 5.32. The Bertz CT molecular complexity index is 551. The highest BCUT2D eigenvalue weighted by Crippen LogP contribution is 2.29. The lowest BCUT2D eigenvalue weighted by Crippen LogP contribution is -2.37. The molecule has 1 saturated heterocycles. The van der Waals surface area contributed by atoms with Crippen LogP contribution in [0.15, 0.2) is 18.2 Å². The van der Waals surface area contributed by atoms with Gasteiger partial charge in [-0.2, -0.15) is 0 Å². The first-order chi connectivity index (χ1) is 10.6. The second kappa shape index (κ2) is 9.54. The summed E-state index contributed by atoms with van der Waals surface area (Å²) >= 11 is 5.72. The van der Waals surface area contributed by atoms with Crippen molar-refractivity contribution in [3.8, 4) is 5.75 Å². The molecule has 2 rings (SSSR count). The Kier molecular flexibility index (Phi) is 8.08. The first-order valence-electron chi connectivity index (χ1n) is 7.13. The number of ether oxygens (including phenoxy) is 1. The van der Waals surface area contributed by atoms with Crippen LogP contribution >= 0.6 is 24.0 Å². The van der Waals surface area contributed by atoms with Crippen LogP contribution in [0.2, 0.25) is 5.02 Å². The first kappa shape index (κ1) is 19.5. The van der Waals surface area contributed by atoms with Gasteiger partial charge in [0.2, 0.25) is 5.91 Å². The Morgan fingerprint density at radius 1 is 1.52 bits per heavy atom. The molecule has 0 radical (unpaired) electrons. The van der Waals surface area contributed by atoms with E-state index in [4.69, 9.17) is 16.3 Å². The largest absolute Gasteiger partial charge is 0.486 e. The number of nitro groups is 1. The Hall–Kier alpha value is -1.57. The average Bonchev–Trinajstić information content (AvgIpc) is 3.00. The van der Waals surface area contributed by atoms with Gasteiger partial charge in [-0.3, -0.25) is 14.9 Å². The van der Waals surface area contributed by atoms with Gasteiger partial charge in [0, 0.05) is 23.7 Å². The number of nitrogens with one attached hydrogen (secondary N) is 2. The summed E-state index contributed by atoms with van der Waals surface area (Å²) in [4.78, 5) is 22.0. The minimum atomic E-state index is -0.562. The number of halogens is 2. The minimum Gasteiger partial charge on any atom is -0.486 e. The summed E-state index contributed by atoms with van der Waals surface area (Å²) in [6, 6.07) is 4.50. The van der Waals surface area contributed by atoms with Gasteiger partial charge < -0.3 is 15.4 Å². The normalized spacial score (nSPS) is 16.5. The summed E-state index contributed by atoms with van der Waals surface area (Å²) in [7, 11) is 0. The number of nitrogens with zero attached hydrogens (tertiary/aromatic N) is 1. The minimum absolute atomic E-state index is 0. The Morgan fingerprint density at radius 2 is 2.30 bits per heavy atom. The predicted molar refractivity (Wildman–Crippen MR) is 89.5 cm³/mol. The molecule has 0 aliphatic carbocycles. The van der Waals surface area contributed by atoms with E-state index in [0.29, 0.717) is 12.6 Å². The molecule has 1 aromatic carbocycles. The summed E-state index contributed by atoms with van der Waals surface area (Å²) in [6.07, 6.45) is 2.34. The average molecular weight is 364 g/mol. The number of rotatable bonds is 7. The monoisotopic (exact) mass is 363 g/mol. The fraction of sp³-hybridized carbons (Fsp3) is 0.500. The lowest BCUT2D eigenvalue weighted by molar-refractivity contribution is -0.385. The second-order valence-electron chi connectivity index (χ2n) is 5.06. The van der Waals surface area contributed by atoms with Crippen LogP contribution in [-0.2, 0) is 4.79 Å². The molecule has 1 amide bonds. The van der Waals surface area contributed by atoms with E-state index in [-0.39, 0.29) is 47.8 Å². The van der Waals surface area contributed by atoms with Crippen molar-refractivity contribution in [2.45, 2.75) is 25.3 Å². The molecule has 0 aromatic heterocycles. The van der Waals surface area contributed by atoms with Gasteiger partial charge in [0.05, 0.1) is 18.0 Å². The molecule has 1 atom stereocenters. The van der Waals surface area contributed by atoms with Crippen LogP contribution in [0.1, 0.15) is 19.3 Å². The zero-order valence-corrected chi connectivity index (χ0v) is 14.0. The standard InChI is InChI=1S/C14H18ClN3O4.ClH/c15-10-3-4-13(12(8-10)18(20)21)22-7-5-14(19)17-9-11-2-1-6-16-11;/h3-4,8,11,16H,1-2,5-7,9H2,(H,17,19);1H. The van der Waals surface area contributed by atoms with Gasteiger partial charge in [0.15, 0.2) is 5.75 Å². The molecule has 1 aliphatic rings. The van der Waals surface area contributed by atoms with Crippen molar-refractivity contribution in [3.05, 3.63) is 33.3 Å². The molecule has 2 N–H and O–H groups in total. The van der Waals surface area contributed by atoms with Crippen LogP contribution < -0.4 is 15.4 Å². The molecule has 1 fully saturated rings. The predicted octanol–water partition coefficient (Wildman–Crippen LogP) is 2.31. The number of carbonyl (C=O) groups excluding carboxylic acids is 1. The molecule has 1 heterocycles. The van der Waals surface area contributed by atoms with E-state index >= 15 is 0 Å². The van der Waals surface area contributed by atoms with Gasteiger partial charge in [0.25, 0.3) is 0 Å². The number of benzene rings is 1. The number of amides is 1. The topological polar surface area (TPSA) is 93.5 Å². The maximum atomic E-state index is 11.7. The van der Waals surface area contributed by atoms with Crippen LogP contribution in [0.4, 0.5) is 5.69 Å². The van der Waals surface area contributed by atoms with Crippen LogP contribution in [0, 0.1) is 10.1 Å². The van der Waals surface area contributed by atoms with Crippen molar-refractivity contribution in [2.75, 3.05) is 19.7 Å². The Labute approximate surface area is 145 Å². The zero-order valence-electron chi connectivity index (χ0n) is 12.4. The summed E-state index contributed by atoms with van der Waals surface area (Å²) in [6.45, 7) is 1.66. The Balaban J connectivity index is 0.00000264.